The SMILES string of the molecule is CCOCCCCNC(=NC)NCc1ccc(-n2ccnc2C)c(F)c1. The maximum Gasteiger partial charge on any atom is 0.191 e. The van der Waals surface area contributed by atoms with E-state index in [2.05, 4.69) is 20.6 Å². The van der Waals surface area contributed by atoms with Crippen molar-refractivity contribution >= 4 is 5.96 Å². The Balaban J connectivity index is 1.83. The molecular formula is C19H28FN5O. The van der Waals surface area contributed by atoms with Crippen molar-refractivity contribution < 1.29 is 9.13 Å². The van der Waals surface area contributed by atoms with Crippen molar-refractivity contribution in [2.24, 2.45) is 4.99 Å². The quantitative estimate of drug-likeness (QED) is 0.410. The smallest absolute Gasteiger partial charge is 0.191 e. The highest BCUT2D eigenvalue weighted by atomic mass is 19.1. The van der Waals surface area contributed by atoms with Crippen molar-refractivity contribution in [3.63, 3.8) is 0 Å². The van der Waals surface area contributed by atoms with Crippen molar-refractivity contribution in [1.29, 1.82) is 0 Å². The van der Waals surface area contributed by atoms with Gasteiger partial charge >= 0.3 is 0 Å². The molecule has 0 atom stereocenters. The molecule has 0 aliphatic heterocycles. The number of aryl methyl sites for hydroxylation is 1. The van der Waals surface area contributed by atoms with Crippen LogP contribution >= 0.6 is 0 Å². The number of imidazole rings is 1. The van der Waals surface area contributed by atoms with E-state index in [0.717, 1.165) is 44.0 Å². The number of nitrogens with zero attached hydrogens (tertiary/aromatic N) is 3. The lowest BCUT2D eigenvalue weighted by atomic mass is 10.2. The van der Waals surface area contributed by atoms with Gasteiger partial charge < -0.3 is 19.9 Å². The molecule has 2 rings (SSSR count). The van der Waals surface area contributed by atoms with Crippen molar-refractivity contribution in [1.82, 2.24) is 20.2 Å². The minimum Gasteiger partial charge on any atom is -0.382 e. The van der Waals surface area contributed by atoms with E-state index in [4.69, 9.17) is 4.74 Å². The molecule has 26 heavy (non-hydrogen) atoms. The fourth-order valence-corrected chi connectivity index (χ4v) is 2.57. The summed E-state index contributed by atoms with van der Waals surface area (Å²) < 4.78 is 21.5. The van der Waals surface area contributed by atoms with Crippen LogP contribution in [0.5, 0.6) is 0 Å². The van der Waals surface area contributed by atoms with Crippen molar-refractivity contribution in [2.45, 2.75) is 33.2 Å². The second kappa shape index (κ2) is 10.6. The Bertz CT molecular complexity index is 714. The summed E-state index contributed by atoms with van der Waals surface area (Å²) in [5.74, 6) is 1.18. The molecule has 0 spiro atoms. The van der Waals surface area contributed by atoms with Gasteiger partial charge in [-0.1, -0.05) is 6.07 Å². The average molecular weight is 361 g/mol. The topological polar surface area (TPSA) is 63.5 Å². The predicted octanol–water partition coefficient (Wildman–Crippen LogP) is 2.80. The van der Waals surface area contributed by atoms with Crippen LogP contribution in [0.4, 0.5) is 4.39 Å². The van der Waals surface area contributed by atoms with Gasteiger partial charge in [0.15, 0.2) is 5.96 Å². The molecule has 0 bridgehead atoms. The zero-order valence-electron chi connectivity index (χ0n) is 15.8. The van der Waals surface area contributed by atoms with Gasteiger partial charge in [0.05, 0.1) is 5.69 Å². The second-order valence-corrected chi connectivity index (χ2v) is 5.89. The van der Waals surface area contributed by atoms with Crippen LogP contribution in [0.1, 0.15) is 31.2 Å². The molecule has 0 radical (unpaired) electrons. The summed E-state index contributed by atoms with van der Waals surface area (Å²) in [5.41, 5.74) is 1.35. The average Bonchev–Trinajstić information content (AvgIpc) is 3.06. The number of unbranched alkanes of at least 4 members (excludes halogenated alkanes) is 1. The first-order chi connectivity index (χ1) is 12.7. The standard InChI is InChI=1S/C19H28FN5O/c1-4-26-12-6-5-9-23-19(21-3)24-14-16-7-8-18(17(20)13-16)25-11-10-22-15(25)2/h7-8,10-11,13H,4-6,9,12,14H2,1-3H3,(H2,21,23,24). The Morgan fingerprint density at radius 3 is 2.81 bits per heavy atom. The molecular weight excluding hydrogens is 333 g/mol. The number of benzene rings is 1. The van der Waals surface area contributed by atoms with Crippen molar-refractivity contribution in [3.05, 3.63) is 47.8 Å². The Morgan fingerprint density at radius 1 is 1.31 bits per heavy atom. The number of ether oxygens (including phenoxy) is 1. The molecule has 6 nitrogen and oxygen atoms in total. The first kappa shape index (κ1) is 19.9. The highest BCUT2D eigenvalue weighted by molar-refractivity contribution is 5.79. The Kier molecular flexibility index (Phi) is 8.08. The number of aliphatic imine (C=N–C) groups is 1. The van der Waals surface area contributed by atoms with Crippen LogP contribution in [0.15, 0.2) is 35.6 Å². The molecule has 2 aromatic rings. The monoisotopic (exact) mass is 361 g/mol. The van der Waals surface area contributed by atoms with Gasteiger partial charge in [-0.05, 0) is 44.4 Å². The number of nitrogens with one attached hydrogen (secondary N) is 2. The van der Waals surface area contributed by atoms with Crippen LogP contribution in [0, 0.1) is 12.7 Å². The van der Waals surface area contributed by atoms with E-state index in [9.17, 15) is 4.39 Å². The van der Waals surface area contributed by atoms with Crippen LogP contribution in [-0.4, -0.2) is 42.3 Å². The number of guanidine groups is 1. The molecule has 142 valence electrons. The van der Waals surface area contributed by atoms with E-state index in [0.29, 0.717) is 18.2 Å². The second-order valence-electron chi connectivity index (χ2n) is 5.89. The van der Waals surface area contributed by atoms with E-state index in [1.807, 2.05) is 19.9 Å². The third-order valence-corrected chi connectivity index (χ3v) is 3.99. The van der Waals surface area contributed by atoms with E-state index >= 15 is 0 Å². The van der Waals surface area contributed by atoms with Gasteiger partial charge in [-0.15, -0.1) is 0 Å². The van der Waals surface area contributed by atoms with Crippen molar-refractivity contribution in [3.8, 4) is 5.69 Å². The number of halogens is 1. The molecule has 7 heteroatoms. The van der Waals surface area contributed by atoms with Crippen LogP contribution in [-0.2, 0) is 11.3 Å². The summed E-state index contributed by atoms with van der Waals surface area (Å²) in [6.45, 7) is 6.70. The lowest BCUT2D eigenvalue weighted by Crippen LogP contribution is -2.37. The van der Waals surface area contributed by atoms with Crippen LogP contribution < -0.4 is 10.6 Å². The Morgan fingerprint density at radius 2 is 2.15 bits per heavy atom. The minimum atomic E-state index is -0.274. The first-order valence-electron chi connectivity index (χ1n) is 8.96. The van der Waals surface area contributed by atoms with Gasteiger partial charge in [0.2, 0.25) is 0 Å². The molecule has 0 fully saturated rings. The first-order valence-corrected chi connectivity index (χ1v) is 8.96. The molecule has 0 saturated heterocycles. The zero-order chi connectivity index (χ0) is 18.8. The molecule has 0 saturated carbocycles. The molecule has 1 heterocycles. The van der Waals surface area contributed by atoms with Gasteiger partial charge in [-0.2, -0.15) is 0 Å². The fourth-order valence-electron chi connectivity index (χ4n) is 2.57. The molecule has 0 aliphatic rings. The maximum absolute atomic E-state index is 14.4. The number of hydrogen-bond acceptors (Lipinski definition) is 3. The summed E-state index contributed by atoms with van der Waals surface area (Å²) >= 11 is 0. The Hall–Kier alpha value is -2.41. The van der Waals surface area contributed by atoms with E-state index < -0.39 is 0 Å². The van der Waals surface area contributed by atoms with Gasteiger partial charge in [0, 0.05) is 45.7 Å². The highest BCUT2D eigenvalue weighted by Crippen LogP contribution is 2.16. The minimum absolute atomic E-state index is 0.274. The third kappa shape index (κ3) is 5.84. The molecule has 1 aromatic heterocycles. The summed E-state index contributed by atoms with van der Waals surface area (Å²) in [4.78, 5) is 8.32. The lowest BCUT2D eigenvalue weighted by Gasteiger charge is -2.13. The number of hydrogen-bond donors (Lipinski definition) is 2. The molecule has 0 amide bonds. The molecule has 1 aromatic carbocycles. The van der Waals surface area contributed by atoms with Crippen molar-refractivity contribution in [2.75, 3.05) is 26.8 Å². The van der Waals surface area contributed by atoms with E-state index in [1.54, 1.807) is 30.1 Å². The summed E-state index contributed by atoms with van der Waals surface area (Å²) in [7, 11) is 1.72. The summed E-state index contributed by atoms with van der Waals surface area (Å²) in [6, 6.07) is 5.21. The molecule has 2 N–H and O–H groups in total. The maximum atomic E-state index is 14.4. The lowest BCUT2D eigenvalue weighted by molar-refractivity contribution is 0.143. The van der Waals surface area contributed by atoms with Crippen LogP contribution in [0.3, 0.4) is 0 Å². The summed E-state index contributed by atoms with van der Waals surface area (Å²) in [5, 5.41) is 6.45. The Labute approximate surface area is 154 Å². The normalized spacial score (nSPS) is 11.6. The third-order valence-electron chi connectivity index (χ3n) is 3.99. The number of aromatic nitrogens is 2. The number of rotatable bonds is 9. The van der Waals surface area contributed by atoms with Gasteiger partial charge in [0.1, 0.15) is 11.6 Å². The molecule has 0 unspecified atom stereocenters. The van der Waals surface area contributed by atoms with E-state index in [-0.39, 0.29) is 5.82 Å². The largest absolute Gasteiger partial charge is 0.382 e. The van der Waals surface area contributed by atoms with Gasteiger partial charge in [-0.3, -0.25) is 4.99 Å². The van der Waals surface area contributed by atoms with Crippen LogP contribution in [0.25, 0.3) is 5.69 Å². The van der Waals surface area contributed by atoms with Gasteiger partial charge in [0.25, 0.3) is 0 Å². The summed E-state index contributed by atoms with van der Waals surface area (Å²) in [6.07, 6.45) is 5.43. The van der Waals surface area contributed by atoms with Crippen LogP contribution in [0.2, 0.25) is 0 Å². The highest BCUT2D eigenvalue weighted by Gasteiger charge is 2.08. The fraction of sp³-hybridized carbons (Fsp3) is 0.474. The molecule has 0 aliphatic carbocycles. The predicted molar refractivity (Wildman–Crippen MR) is 102 cm³/mol. The van der Waals surface area contributed by atoms with E-state index in [1.165, 1.54) is 6.07 Å². The zero-order valence-corrected chi connectivity index (χ0v) is 15.8. The van der Waals surface area contributed by atoms with Gasteiger partial charge in [-0.25, -0.2) is 9.37 Å².